The highest BCUT2D eigenvalue weighted by atomic mass is 32.2. The number of hydrogen-bond donors (Lipinski definition) is 1. The van der Waals surface area contributed by atoms with E-state index in [1.54, 1.807) is 17.8 Å². The van der Waals surface area contributed by atoms with E-state index >= 15 is 0 Å². The zero-order valence-corrected chi connectivity index (χ0v) is 10.9. The molecule has 0 radical (unpaired) electrons. The lowest BCUT2D eigenvalue weighted by atomic mass is 10.2. The van der Waals surface area contributed by atoms with Gasteiger partial charge in [-0.3, -0.25) is 4.79 Å². The van der Waals surface area contributed by atoms with Crippen LogP contribution >= 0.6 is 11.8 Å². The summed E-state index contributed by atoms with van der Waals surface area (Å²) >= 11 is 1.57. The Morgan fingerprint density at radius 1 is 1.37 bits per heavy atom. The van der Waals surface area contributed by atoms with Crippen molar-refractivity contribution in [3.8, 4) is 0 Å². The average molecular weight is 279 g/mol. The number of carbonyl (C=O) groups excluding carboxylic acids is 1. The number of carbonyl (C=O) groups is 2. The Balaban J connectivity index is 1.89. The smallest absolute Gasteiger partial charge is 0.327 e. The second-order valence-electron chi connectivity index (χ2n) is 4.76. The minimum Gasteiger partial charge on any atom is -0.480 e. The summed E-state index contributed by atoms with van der Waals surface area (Å²) < 4.78 is 0. The van der Waals surface area contributed by atoms with Gasteiger partial charge in [0.05, 0.1) is 23.3 Å². The van der Waals surface area contributed by atoms with E-state index in [9.17, 15) is 14.7 Å². The summed E-state index contributed by atoms with van der Waals surface area (Å²) in [5.41, 5.74) is 0.398. The fraction of sp³-hybridized carbons (Fsp3) is 0.500. The van der Waals surface area contributed by atoms with Crippen molar-refractivity contribution in [2.24, 2.45) is 5.92 Å². The first-order valence-corrected chi connectivity index (χ1v) is 7.17. The molecule has 3 rings (SSSR count). The monoisotopic (exact) mass is 279 g/mol. The van der Waals surface area contributed by atoms with Crippen LogP contribution in [0.15, 0.2) is 18.5 Å². The minimum absolute atomic E-state index is 0.0123. The van der Waals surface area contributed by atoms with Gasteiger partial charge in [0.25, 0.3) is 5.91 Å². The SMILES string of the molecule is O=C(O)C1CSC(C2CC2)N1C(=O)c1ccnnc1. The van der Waals surface area contributed by atoms with Crippen molar-refractivity contribution in [2.75, 3.05) is 5.75 Å². The fourth-order valence-electron chi connectivity index (χ4n) is 2.29. The molecule has 0 spiro atoms. The molecule has 0 aromatic carbocycles. The molecule has 1 aliphatic carbocycles. The summed E-state index contributed by atoms with van der Waals surface area (Å²) in [4.78, 5) is 25.3. The van der Waals surface area contributed by atoms with E-state index in [1.165, 1.54) is 17.3 Å². The molecule has 19 heavy (non-hydrogen) atoms. The van der Waals surface area contributed by atoms with Crippen LogP contribution in [-0.2, 0) is 4.79 Å². The van der Waals surface area contributed by atoms with Crippen molar-refractivity contribution < 1.29 is 14.7 Å². The van der Waals surface area contributed by atoms with Gasteiger partial charge in [-0.1, -0.05) is 0 Å². The lowest BCUT2D eigenvalue weighted by Crippen LogP contribution is -2.46. The topological polar surface area (TPSA) is 83.4 Å². The quantitative estimate of drug-likeness (QED) is 0.883. The lowest BCUT2D eigenvalue weighted by molar-refractivity contribution is -0.141. The van der Waals surface area contributed by atoms with E-state index in [0.29, 0.717) is 17.2 Å². The zero-order chi connectivity index (χ0) is 13.4. The average Bonchev–Trinajstić information content (AvgIpc) is 3.17. The molecule has 2 atom stereocenters. The van der Waals surface area contributed by atoms with Gasteiger partial charge >= 0.3 is 5.97 Å². The first kappa shape index (κ1) is 12.4. The summed E-state index contributed by atoms with van der Waals surface area (Å²) in [7, 11) is 0. The van der Waals surface area contributed by atoms with Crippen LogP contribution in [0.4, 0.5) is 0 Å². The molecule has 1 aromatic heterocycles. The van der Waals surface area contributed by atoms with Crippen LogP contribution in [0.2, 0.25) is 0 Å². The molecule has 6 nitrogen and oxygen atoms in total. The maximum Gasteiger partial charge on any atom is 0.327 e. The number of aromatic nitrogens is 2. The Kier molecular flexibility index (Phi) is 3.14. The zero-order valence-electron chi connectivity index (χ0n) is 10.1. The molecule has 100 valence electrons. The van der Waals surface area contributed by atoms with E-state index in [0.717, 1.165) is 12.8 Å². The maximum absolute atomic E-state index is 12.5. The van der Waals surface area contributed by atoms with E-state index in [-0.39, 0.29) is 11.3 Å². The molecular weight excluding hydrogens is 266 g/mol. The van der Waals surface area contributed by atoms with E-state index in [1.807, 2.05) is 0 Å². The third-order valence-corrected chi connectivity index (χ3v) is 4.87. The first-order chi connectivity index (χ1) is 9.18. The molecule has 1 saturated carbocycles. The van der Waals surface area contributed by atoms with Crippen molar-refractivity contribution in [1.82, 2.24) is 15.1 Å². The number of hydrogen-bond acceptors (Lipinski definition) is 5. The molecular formula is C12H13N3O3S. The van der Waals surface area contributed by atoms with Crippen molar-refractivity contribution in [3.63, 3.8) is 0 Å². The number of nitrogens with zero attached hydrogens (tertiary/aromatic N) is 3. The van der Waals surface area contributed by atoms with Crippen molar-refractivity contribution in [2.45, 2.75) is 24.3 Å². The number of amides is 1. The van der Waals surface area contributed by atoms with Crippen LogP contribution in [-0.4, -0.2) is 49.2 Å². The Morgan fingerprint density at radius 3 is 2.74 bits per heavy atom. The van der Waals surface area contributed by atoms with Gasteiger partial charge in [-0.25, -0.2) is 4.79 Å². The van der Waals surface area contributed by atoms with Crippen LogP contribution in [0.1, 0.15) is 23.2 Å². The molecule has 1 aliphatic heterocycles. The Hall–Kier alpha value is -1.63. The van der Waals surface area contributed by atoms with Crippen LogP contribution in [0, 0.1) is 5.92 Å². The largest absolute Gasteiger partial charge is 0.480 e. The number of rotatable bonds is 3. The van der Waals surface area contributed by atoms with Gasteiger partial charge in [-0.15, -0.1) is 11.8 Å². The van der Waals surface area contributed by atoms with Gasteiger partial charge in [0.2, 0.25) is 0 Å². The predicted octanol–water partition coefficient (Wildman–Crippen LogP) is 0.855. The third-order valence-electron chi connectivity index (χ3n) is 3.41. The Bertz CT molecular complexity index is 506. The molecule has 7 heteroatoms. The normalized spacial score (nSPS) is 26.4. The molecule has 0 bridgehead atoms. The van der Waals surface area contributed by atoms with Crippen LogP contribution in [0.3, 0.4) is 0 Å². The molecule has 1 saturated heterocycles. The second-order valence-corrected chi connectivity index (χ2v) is 5.91. The van der Waals surface area contributed by atoms with Gasteiger partial charge in [0, 0.05) is 5.75 Å². The lowest BCUT2D eigenvalue weighted by Gasteiger charge is -2.27. The molecule has 2 aliphatic rings. The summed E-state index contributed by atoms with van der Waals surface area (Å²) in [5.74, 6) is -0.302. The molecule has 1 aromatic rings. The van der Waals surface area contributed by atoms with Gasteiger partial charge in [0.15, 0.2) is 0 Å². The van der Waals surface area contributed by atoms with Crippen LogP contribution < -0.4 is 0 Å². The second kappa shape index (κ2) is 4.80. The summed E-state index contributed by atoms with van der Waals surface area (Å²) in [5, 5.41) is 16.6. The van der Waals surface area contributed by atoms with Crippen molar-refractivity contribution in [1.29, 1.82) is 0 Å². The van der Waals surface area contributed by atoms with Crippen LogP contribution in [0.25, 0.3) is 0 Å². The summed E-state index contributed by atoms with van der Waals surface area (Å²) in [6.45, 7) is 0. The first-order valence-electron chi connectivity index (χ1n) is 6.12. The fourth-order valence-corrected chi connectivity index (χ4v) is 3.92. The maximum atomic E-state index is 12.5. The predicted molar refractivity (Wildman–Crippen MR) is 68.6 cm³/mol. The molecule has 1 N–H and O–H groups in total. The highest BCUT2D eigenvalue weighted by Gasteiger charge is 2.48. The molecule has 1 amide bonds. The number of thioether (sulfide) groups is 1. The van der Waals surface area contributed by atoms with Crippen LogP contribution in [0.5, 0.6) is 0 Å². The highest BCUT2D eigenvalue weighted by Crippen LogP contribution is 2.45. The van der Waals surface area contributed by atoms with E-state index < -0.39 is 12.0 Å². The van der Waals surface area contributed by atoms with Gasteiger partial charge in [-0.2, -0.15) is 10.2 Å². The van der Waals surface area contributed by atoms with E-state index in [4.69, 9.17) is 0 Å². The number of aliphatic carboxylic acids is 1. The Labute approximate surface area is 114 Å². The van der Waals surface area contributed by atoms with Gasteiger partial charge in [0.1, 0.15) is 6.04 Å². The summed E-state index contributed by atoms with van der Waals surface area (Å²) in [6, 6.07) is 0.831. The van der Waals surface area contributed by atoms with Gasteiger partial charge < -0.3 is 10.0 Å². The minimum atomic E-state index is -0.939. The number of carboxylic acids is 1. The van der Waals surface area contributed by atoms with Gasteiger partial charge in [-0.05, 0) is 24.8 Å². The third kappa shape index (κ3) is 2.30. The Morgan fingerprint density at radius 2 is 2.16 bits per heavy atom. The van der Waals surface area contributed by atoms with Crippen molar-refractivity contribution in [3.05, 3.63) is 24.0 Å². The standard InChI is InChI=1S/C12H13N3O3S/c16-10(8-3-4-13-14-5-8)15-9(12(17)18)6-19-11(15)7-1-2-7/h3-5,7,9,11H,1-2,6H2,(H,17,18). The summed E-state index contributed by atoms with van der Waals surface area (Å²) in [6.07, 6.45) is 4.97. The van der Waals surface area contributed by atoms with Crippen molar-refractivity contribution >= 4 is 23.6 Å². The molecule has 2 heterocycles. The molecule has 2 unspecified atom stereocenters. The molecule has 2 fully saturated rings. The number of carboxylic acid groups (broad SMARTS) is 1. The van der Waals surface area contributed by atoms with E-state index in [2.05, 4.69) is 10.2 Å². The highest BCUT2D eigenvalue weighted by molar-refractivity contribution is 8.00.